The van der Waals surface area contributed by atoms with E-state index in [1.165, 1.54) is 18.4 Å². The lowest BCUT2D eigenvalue weighted by Gasteiger charge is -2.42. The second-order valence-corrected chi connectivity index (χ2v) is 8.34. The Morgan fingerprint density at radius 1 is 1.23 bits per heavy atom. The Kier molecular flexibility index (Phi) is 6.30. The van der Waals surface area contributed by atoms with Crippen LogP contribution >= 0.6 is 0 Å². The quantitative estimate of drug-likeness (QED) is 0.773. The van der Waals surface area contributed by atoms with Gasteiger partial charge >= 0.3 is 0 Å². The number of rotatable bonds is 8. The van der Waals surface area contributed by atoms with E-state index in [1.807, 2.05) is 26.2 Å². The third kappa shape index (κ3) is 5.52. The van der Waals surface area contributed by atoms with Gasteiger partial charge in [-0.25, -0.2) is 4.39 Å². The number of carbonyl (C=O) groups excluding carboxylic acids is 1. The van der Waals surface area contributed by atoms with Gasteiger partial charge in [-0.05, 0) is 68.3 Å². The first kappa shape index (κ1) is 19.3. The van der Waals surface area contributed by atoms with E-state index in [2.05, 4.69) is 10.2 Å². The van der Waals surface area contributed by atoms with Crippen LogP contribution in [0, 0.1) is 11.2 Å². The molecular weight excluding hydrogens is 329 g/mol. The fraction of sp³-hybridized carbons (Fsp3) is 0.667. The maximum atomic E-state index is 13.2. The predicted octanol–water partition coefficient (Wildman–Crippen LogP) is 2.68. The Morgan fingerprint density at radius 3 is 2.46 bits per heavy atom. The van der Waals surface area contributed by atoms with Gasteiger partial charge in [0.25, 0.3) is 0 Å². The molecule has 1 heterocycles. The summed E-state index contributed by atoms with van der Waals surface area (Å²) in [5, 5.41) is 3.73. The summed E-state index contributed by atoms with van der Waals surface area (Å²) in [7, 11) is 3.63. The van der Waals surface area contributed by atoms with Crippen molar-refractivity contribution in [1.29, 1.82) is 0 Å². The molecule has 1 saturated heterocycles. The number of benzene rings is 1. The number of nitrogens with one attached hydrogen (secondary N) is 1. The first-order valence-corrected chi connectivity index (χ1v) is 9.86. The number of nitrogens with zero attached hydrogens (tertiary/aromatic N) is 2. The van der Waals surface area contributed by atoms with Crippen LogP contribution in [-0.2, 0) is 11.2 Å². The van der Waals surface area contributed by atoms with Gasteiger partial charge in [-0.3, -0.25) is 4.79 Å². The van der Waals surface area contributed by atoms with Crippen molar-refractivity contribution in [2.75, 3.05) is 40.3 Å². The highest BCUT2D eigenvalue weighted by atomic mass is 19.1. The molecule has 1 amide bonds. The molecule has 1 aromatic rings. The lowest BCUT2D eigenvalue weighted by Crippen LogP contribution is -2.47. The summed E-state index contributed by atoms with van der Waals surface area (Å²) in [5.41, 5.74) is 1.46. The molecule has 26 heavy (non-hydrogen) atoms. The van der Waals surface area contributed by atoms with Gasteiger partial charge in [0.05, 0.1) is 0 Å². The van der Waals surface area contributed by atoms with Crippen LogP contribution < -0.4 is 5.32 Å². The molecule has 0 atom stereocenters. The normalized spacial score (nSPS) is 20.1. The fourth-order valence-corrected chi connectivity index (χ4v) is 3.83. The zero-order valence-corrected chi connectivity index (χ0v) is 16.1. The molecule has 0 unspecified atom stereocenters. The maximum absolute atomic E-state index is 13.2. The van der Waals surface area contributed by atoms with Crippen LogP contribution in [0.1, 0.15) is 37.7 Å². The van der Waals surface area contributed by atoms with E-state index in [0.717, 1.165) is 45.4 Å². The SMILES string of the molecule is CN(C)C(=O)CCN1CCC(CNC2CC2)(Cc2ccc(F)cc2)CC1. The first-order valence-electron chi connectivity index (χ1n) is 9.86. The largest absolute Gasteiger partial charge is 0.349 e. The average Bonchev–Trinajstić information content (AvgIpc) is 3.46. The Hall–Kier alpha value is -1.46. The van der Waals surface area contributed by atoms with Crippen LogP contribution in [0.3, 0.4) is 0 Å². The van der Waals surface area contributed by atoms with E-state index < -0.39 is 0 Å². The minimum Gasteiger partial charge on any atom is -0.349 e. The molecule has 3 rings (SSSR count). The second kappa shape index (κ2) is 8.49. The van der Waals surface area contributed by atoms with Crippen molar-refractivity contribution in [2.45, 2.75) is 44.6 Å². The van der Waals surface area contributed by atoms with Gasteiger partial charge in [-0.15, -0.1) is 0 Å². The van der Waals surface area contributed by atoms with Crippen molar-refractivity contribution in [3.8, 4) is 0 Å². The molecule has 2 aliphatic rings. The number of halogens is 1. The van der Waals surface area contributed by atoms with E-state index >= 15 is 0 Å². The van der Waals surface area contributed by atoms with Gasteiger partial charge in [0, 0.05) is 39.6 Å². The molecule has 0 spiro atoms. The standard InChI is InChI=1S/C21H32FN3O/c1-24(2)20(26)9-12-25-13-10-21(11-14-25,16-23-19-7-8-19)15-17-3-5-18(22)6-4-17/h3-6,19,23H,7-16H2,1-2H3. The van der Waals surface area contributed by atoms with Crippen LogP contribution in [0.2, 0.25) is 0 Å². The topological polar surface area (TPSA) is 35.6 Å². The van der Waals surface area contributed by atoms with E-state index in [9.17, 15) is 9.18 Å². The zero-order valence-electron chi connectivity index (χ0n) is 16.1. The summed E-state index contributed by atoms with van der Waals surface area (Å²) in [5.74, 6) is 0.0304. The average molecular weight is 362 g/mol. The minimum absolute atomic E-state index is 0.167. The number of carbonyl (C=O) groups is 1. The van der Waals surface area contributed by atoms with Crippen molar-refractivity contribution in [1.82, 2.24) is 15.1 Å². The third-order valence-electron chi connectivity index (χ3n) is 5.89. The molecule has 1 saturated carbocycles. The summed E-state index contributed by atoms with van der Waals surface area (Å²) in [6.45, 7) is 3.96. The molecule has 5 heteroatoms. The molecule has 0 radical (unpaired) electrons. The van der Waals surface area contributed by atoms with E-state index in [4.69, 9.17) is 0 Å². The minimum atomic E-state index is -0.167. The summed E-state index contributed by atoms with van der Waals surface area (Å²) in [6, 6.07) is 7.70. The fourth-order valence-electron chi connectivity index (χ4n) is 3.83. The number of hydrogen-bond acceptors (Lipinski definition) is 3. The second-order valence-electron chi connectivity index (χ2n) is 8.34. The number of hydrogen-bond donors (Lipinski definition) is 1. The number of likely N-dealkylation sites (tertiary alicyclic amines) is 1. The van der Waals surface area contributed by atoms with Crippen LogP contribution in [0.5, 0.6) is 0 Å². The van der Waals surface area contributed by atoms with E-state index in [1.54, 1.807) is 17.0 Å². The van der Waals surface area contributed by atoms with Crippen molar-refractivity contribution < 1.29 is 9.18 Å². The van der Waals surface area contributed by atoms with Gasteiger partial charge in [0.1, 0.15) is 5.82 Å². The van der Waals surface area contributed by atoms with Crippen LogP contribution in [0.4, 0.5) is 4.39 Å². The van der Waals surface area contributed by atoms with Gasteiger partial charge < -0.3 is 15.1 Å². The Balaban J connectivity index is 1.56. The summed E-state index contributed by atoms with van der Waals surface area (Å²) < 4.78 is 13.2. The highest BCUT2D eigenvalue weighted by Gasteiger charge is 2.36. The lowest BCUT2D eigenvalue weighted by molar-refractivity contribution is -0.129. The number of amides is 1. The van der Waals surface area contributed by atoms with Crippen LogP contribution in [-0.4, -0.2) is 62.0 Å². The monoisotopic (exact) mass is 361 g/mol. The van der Waals surface area contributed by atoms with Crippen LogP contribution in [0.25, 0.3) is 0 Å². The maximum Gasteiger partial charge on any atom is 0.223 e. The molecule has 1 aliphatic carbocycles. The Morgan fingerprint density at radius 2 is 1.88 bits per heavy atom. The Labute approximate surface area is 156 Å². The first-order chi connectivity index (χ1) is 12.5. The smallest absolute Gasteiger partial charge is 0.223 e. The molecule has 1 aromatic carbocycles. The Bertz CT molecular complexity index is 590. The molecule has 1 aliphatic heterocycles. The van der Waals surface area contributed by atoms with Gasteiger partial charge in [-0.2, -0.15) is 0 Å². The molecule has 144 valence electrons. The van der Waals surface area contributed by atoms with E-state index in [-0.39, 0.29) is 17.1 Å². The van der Waals surface area contributed by atoms with Crippen molar-refractivity contribution in [3.05, 3.63) is 35.6 Å². The third-order valence-corrected chi connectivity index (χ3v) is 5.89. The molecular formula is C21H32FN3O. The predicted molar refractivity (Wildman–Crippen MR) is 103 cm³/mol. The highest BCUT2D eigenvalue weighted by molar-refractivity contribution is 5.75. The summed E-state index contributed by atoms with van der Waals surface area (Å²) in [4.78, 5) is 15.9. The molecule has 2 fully saturated rings. The van der Waals surface area contributed by atoms with Crippen molar-refractivity contribution in [2.24, 2.45) is 5.41 Å². The molecule has 4 nitrogen and oxygen atoms in total. The lowest BCUT2D eigenvalue weighted by atomic mass is 9.73. The van der Waals surface area contributed by atoms with E-state index in [0.29, 0.717) is 12.5 Å². The zero-order chi connectivity index (χ0) is 18.6. The number of piperidine rings is 1. The van der Waals surface area contributed by atoms with Gasteiger partial charge in [-0.1, -0.05) is 12.1 Å². The van der Waals surface area contributed by atoms with Gasteiger partial charge in [0.15, 0.2) is 0 Å². The summed E-state index contributed by atoms with van der Waals surface area (Å²) >= 11 is 0. The highest BCUT2D eigenvalue weighted by Crippen LogP contribution is 2.36. The van der Waals surface area contributed by atoms with Crippen molar-refractivity contribution >= 4 is 5.91 Å². The molecule has 0 aromatic heterocycles. The molecule has 0 bridgehead atoms. The van der Waals surface area contributed by atoms with Gasteiger partial charge in [0.2, 0.25) is 5.91 Å². The van der Waals surface area contributed by atoms with Crippen molar-refractivity contribution in [3.63, 3.8) is 0 Å². The molecule has 1 N–H and O–H groups in total. The summed E-state index contributed by atoms with van der Waals surface area (Å²) in [6.07, 6.45) is 6.44. The van der Waals surface area contributed by atoms with Crippen LogP contribution in [0.15, 0.2) is 24.3 Å².